The van der Waals surface area contributed by atoms with Crippen LogP contribution in [0.25, 0.3) is 0 Å². The van der Waals surface area contributed by atoms with Crippen LogP contribution in [0.1, 0.15) is 87.8 Å². The summed E-state index contributed by atoms with van der Waals surface area (Å²) in [6.07, 6.45) is 7.04. The van der Waals surface area contributed by atoms with Crippen LogP contribution in [0.3, 0.4) is 0 Å². The molecule has 4 unspecified atom stereocenters. The summed E-state index contributed by atoms with van der Waals surface area (Å²) in [6.45, 7) is 9.92. The van der Waals surface area contributed by atoms with Crippen molar-refractivity contribution in [1.29, 1.82) is 0 Å². The SMILES string of the molecule is CCCN1CC(Oc2ccc(C3CCC(O)CCC(C)CC3c3ccc(O)cc3CC)cc2)C1. The van der Waals surface area contributed by atoms with E-state index >= 15 is 0 Å². The van der Waals surface area contributed by atoms with E-state index in [1.165, 1.54) is 23.1 Å². The van der Waals surface area contributed by atoms with Gasteiger partial charge in [-0.1, -0.05) is 39.0 Å². The van der Waals surface area contributed by atoms with Crippen molar-refractivity contribution < 1.29 is 14.9 Å². The Hall–Kier alpha value is -2.04. The van der Waals surface area contributed by atoms with Crippen molar-refractivity contribution in [2.45, 2.75) is 89.8 Å². The Bertz CT molecular complexity index is 906. The van der Waals surface area contributed by atoms with Gasteiger partial charge in [0.2, 0.25) is 0 Å². The van der Waals surface area contributed by atoms with Crippen LogP contribution < -0.4 is 4.74 Å². The van der Waals surface area contributed by atoms with Gasteiger partial charge in [-0.25, -0.2) is 0 Å². The summed E-state index contributed by atoms with van der Waals surface area (Å²) in [5, 5.41) is 20.7. The number of phenolic OH excluding ortho intramolecular Hbond substituents is 1. The van der Waals surface area contributed by atoms with Gasteiger partial charge in [0.05, 0.1) is 6.10 Å². The highest BCUT2D eigenvalue weighted by molar-refractivity contribution is 5.40. The molecule has 0 aromatic heterocycles. The van der Waals surface area contributed by atoms with Gasteiger partial charge in [-0.3, -0.25) is 4.90 Å². The number of aromatic hydroxyl groups is 1. The van der Waals surface area contributed by atoms with Crippen LogP contribution in [0.5, 0.6) is 11.5 Å². The van der Waals surface area contributed by atoms with Crippen molar-refractivity contribution >= 4 is 0 Å². The fraction of sp³-hybridized carbons (Fsp3) is 0.600. The number of aryl methyl sites for hydroxylation is 1. The predicted molar refractivity (Wildman–Crippen MR) is 139 cm³/mol. The molecule has 4 nitrogen and oxygen atoms in total. The largest absolute Gasteiger partial charge is 0.508 e. The van der Waals surface area contributed by atoms with E-state index in [1.54, 1.807) is 0 Å². The van der Waals surface area contributed by atoms with E-state index in [-0.39, 0.29) is 6.10 Å². The van der Waals surface area contributed by atoms with Crippen molar-refractivity contribution in [2.24, 2.45) is 5.92 Å². The fourth-order valence-electron chi connectivity index (χ4n) is 5.99. The lowest BCUT2D eigenvalue weighted by Gasteiger charge is -2.38. The first-order chi connectivity index (χ1) is 16.5. The molecule has 0 spiro atoms. The quantitative estimate of drug-likeness (QED) is 0.507. The van der Waals surface area contributed by atoms with Crippen molar-refractivity contribution in [3.63, 3.8) is 0 Å². The molecule has 4 rings (SSSR count). The molecular formula is C30H43NO3. The van der Waals surface area contributed by atoms with E-state index in [2.05, 4.69) is 56.0 Å². The normalized spacial score (nSPS) is 26.8. The summed E-state index contributed by atoms with van der Waals surface area (Å²) in [7, 11) is 0. The molecule has 2 aromatic carbocycles. The molecule has 1 heterocycles. The lowest BCUT2D eigenvalue weighted by atomic mass is 9.73. The third-order valence-corrected chi connectivity index (χ3v) is 7.93. The molecule has 0 bridgehead atoms. The van der Waals surface area contributed by atoms with E-state index < -0.39 is 0 Å². The molecule has 4 atom stereocenters. The Morgan fingerprint density at radius 2 is 1.68 bits per heavy atom. The summed E-state index contributed by atoms with van der Waals surface area (Å²) >= 11 is 0. The maximum Gasteiger partial charge on any atom is 0.124 e. The molecule has 2 N–H and O–H groups in total. The van der Waals surface area contributed by atoms with Crippen LogP contribution in [0, 0.1) is 5.92 Å². The van der Waals surface area contributed by atoms with Crippen LogP contribution >= 0.6 is 0 Å². The number of hydrogen-bond donors (Lipinski definition) is 2. The van der Waals surface area contributed by atoms with Gasteiger partial charge in [0.1, 0.15) is 17.6 Å². The van der Waals surface area contributed by atoms with E-state index in [1.807, 2.05) is 12.1 Å². The number of nitrogens with zero attached hydrogens (tertiary/aromatic N) is 1. The molecule has 4 heteroatoms. The number of rotatable bonds is 7. The molecule has 0 radical (unpaired) electrons. The molecule has 1 aliphatic heterocycles. The van der Waals surface area contributed by atoms with E-state index in [0.29, 0.717) is 29.6 Å². The second kappa shape index (κ2) is 11.6. The Balaban J connectivity index is 1.58. The third kappa shape index (κ3) is 6.14. The van der Waals surface area contributed by atoms with E-state index in [0.717, 1.165) is 63.9 Å². The first-order valence-electron chi connectivity index (χ1n) is 13.5. The third-order valence-electron chi connectivity index (χ3n) is 7.93. The minimum absolute atomic E-state index is 0.221. The van der Waals surface area contributed by atoms with Gasteiger partial charge in [0, 0.05) is 13.1 Å². The van der Waals surface area contributed by atoms with Crippen molar-refractivity contribution in [2.75, 3.05) is 19.6 Å². The van der Waals surface area contributed by atoms with Gasteiger partial charge in [0.15, 0.2) is 0 Å². The monoisotopic (exact) mass is 465 g/mol. The van der Waals surface area contributed by atoms with Gasteiger partial charge in [-0.05, 0) is 110 Å². The average molecular weight is 466 g/mol. The van der Waals surface area contributed by atoms with Crippen LogP contribution in [0.4, 0.5) is 0 Å². The van der Waals surface area contributed by atoms with E-state index in [9.17, 15) is 10.2 Å². The number of hydrogen-bond acceptors (Lipinski definition) is 4. The first kappa shape index (κ1) is 25.1. The van der Waals surface area contributed by atoms with Crippen molar-refractivity contribution in [3.05, 3.63) is 59.2 Å². The van der Waals surface area contributed by atoms with Crippen LogP contribution in [0.15, 0.2) is 42.5 Å². The van der Waals surface area contributed by atoms with Crippen LogP contribution in [-0.4, -0.2) is 47.0 Å². The zero-order chi connectivity index (χ0) is 24.1. The maximum absolute atomic E-state index is 10.6. The summed E-state index contributed by atoms with van der Waals surface area (Å²) in [5.41, 5.74) is 3.93. The molecular weight excluding hydrogens is 422 g/mol. The predicted octanol–water partition coefficient (Wildman–Crippen LogP) is 6.26. The van der Waals surface area contributed by atoms with Gasteiger partial charge >= 0.3 is 0 Å². The number of benzene rings is 2. The molecule has 0 amide bonds. The molecule has 186 valence electrons. The number of aliphatic hydroxyl groups is 1. The van der Waals surface area contributed by atoms with Gasteiger partial charge < -0.3 is 14.9 Å². The average Bonchev–Trinajstić information content (AvgIpc) is 2.88. The lowest BCUT2D eigenvalue weighted by molar-refractivity contribution is 0.0202. The van der Waals surface area contributed by atoms with E-state index in [4.69, 9.17) is 4.74 Å². The highest BCUT2D eigenvalue weighted by Gasteiger charge is 2.31. The minimum Gasteiger partial charge on any atom is -0.508 e. The lowest BCUT2D eigenvalue weighted by Crippen LogP contribution is -2.53. The summed E-state index contributed by atoms with van der Waals surface area (Å²) in [4.78, 5) is 2.44. The van der Waals surface area contributed by atoms with Gasteiger partial charge in [0.25, 0.3) is 0 Å². The van der Waals surface area contributed by atoms with Crippen LogP contribution in [0.2, 0.25) is 0 Å². The summed E-state index contributed by atoms with van der Waals surface area (Å²) in [5.74, 6) is 2.56. The van der Waals surface area contributed by atoms with Gasteiger partial charge in [-0.15, -0.1) is 0 Å². The second-order valence-electron chi connectivity index (χ2n) is 10.7. The number of aliphatic hydroxyl groups excluding tert-OH is 1. The molecule has 2 fully saturated rings. The Morgan fingerprint density at radius 1 is 0.941 bits per heavy atom. The second-order valence-corrected chi connectivity index (χ2v) is 10.7. The topological polar surface area (TPSA) is 52.9 Å². The molecule has 34 heavy (non-hydrogen) atoms. The fourth-order valence-corrected chi connectivity index (χ4v) is 5.99. The standard InChI is InChI=1S/C30H43NO3/c1-4-16-31-19-27(20-31)34-26-12-7-23(8-13-26)29-14-10-24(32)9-6-21(3)17-30(29)28-15-11-25(33)18-22(28)5-2/h7-8,11-13,15,18,21,24,27,29-30,32-33H,4-6,9-10,14,16-17,19-20H2,1-3H3. The zero-order valence-corrected chi connectivity index (χ0v) is 21.2. The molecule has 1 saturated carbocycles. The number of ether oxygens (including phenoxy) is 1. The molecule has 1 aliphatic carbocycles. The molecule has 2 aromatic rings. The number of phenols is 1. The summed E-state index contributed by atoms with van der Waals surface area (Å²) in [6, 6.07) is 14.7. The van der Waals surface area contributed by atoms with Crippen LogP contribution in [-0.2, 0) is 6.42 Å². The van der Waals surface area contributed by atoms with Crippen molar-refractivity contribution in [3.8, 4) is 11.5 Å². The highest BCUT2D eigenvalue weighted by Crippen LogP contribution is 2.45. The van der Waals surface area contributed by atoms with Crippen molar-refractivity contribution in [1.82, 2.24) is 4.90 Å². The highest BCUT2D eigenvalue weighted by atomic mass is 16.5. The first-order valence-corrected chi connectivity index (χ1v) is 13.5. The number of likely N-dealkylation sites (tertiary alicyclic amines) is 1. The maximum atomic E-state index is 10.6. The zero-order valence-electron chi connectivity index (χ0n) is 21.2. The summed E-state index contributed by atoms with van der Waals surface area (Å²) < 4.78 is 6.22. The van der Waals surface area contributed by atoms with Gasteiger partial charge in [-0.2, -0.15) is 0 Å². The molecule has 2 aliphatic rings. The Morgan fingerprint density at radius 3 is 2.38 bits per heavy atom. The Kier molecular flexibility index (Phi) is 8.55. The minimum atomic E-state index is -0.221. The molecule has 1 saturated heterocycles. The Labute approximate surface area is 206 Å². The smallest absolute Gasteiger partial charge is 0.124 e.